The van der Waals surface area contributed by atoms with Gasteiger partial charge in [-0.3, -0.25) is 4.55 Å². The van der Waals surface area contributed by atoms with Crippen molar-refractivity contribution >= 4 is 27.7 Å². The van der Waals surface area contributed by atoms with Gasteiger partial charge in [0.1, 0.15) is 0 Å². The molecule has 0 spiro atoms. The maximum absolute atomic E-state index is 11.0. The number of hydrogen-bond acceptors (Lipinski definition) is 3. The highest BCUT2D eigenvalue weighted by Gasteiger charge is 2.11. The number of nitrogens with two attached hydrogens (primary N) is 3. The first kappa shape index (κ1) is 13.9. The first-order valence-corrected chi connectivity index (χ1v) is 6.16. The molecule has 18 heavy (non-hydrogen) atoms. The van der Waals surface area contributed by atoms with Gasteiger partial charge in [0.2, 0.25) is 5.96 Å². The van der Waals surface area contributed by atoms with Gasteiger partial charge in [-0.05, 0) is 24.6 Å². The van der Waals surface area contributed by atoms with Crippen LogP contribution in [0.1, 0.15) is 5.56 Å². The highest BCUT2D eigenvalue weighted by molar-refractivity contribution is 7.85. The third kappa shape index (κ3) is 3.71. The molecule has 0 saturated heterocycles. The van der Waals surface area contributed by atoms with E-state index in [9.17, 15) is 8.42 Å². The smallest absolute Gasteiger partial charge is 0.294 e. The van der Waals surface area contributed by atoms with Crippen molar-refractivity contribution in [3.8, 4) is 0 Å². The van der Waals surface area contributed by atoms with Crippen molar-refractivity contribution in [3.05, 3.63) is 23.8 Å². The third-order valence-corrected chi connectivity index (χ3v) is 2.81. The van der Waals surface area contributed by atoms with Crippen LogP contribution in [0.2, 0.25) is 0 Å². The fourth-order valence-corrected chi connectivity index (χ4v) is 1.65. The molecule has 0 atom stereocenters. The monoisotopic (exact) mass is 271 g/mol. The van der Waals surface area contributed by atoms with E-state index in [4.69, 9.17) is 21.8 Å². The lowest BCUT2D eigenvalue weighted by molar-refractivity contribution is 0.483. The molecule has 1 aromatic carbocycles. The summed E-state index contributed by atoms with van der Waals surface area (Å²) in [5.74, 6) is -0.481. The Labute approximate surface area is 104 Å². The fourth-order valence-electron chi connectivity index (χ4n) is 1.15. The zero-order valence-electron chi connectivity index (χ0n) is 9.53. The topological polar surface area (TPSA) is 157 Å². The number of nitrogens with zero attached hydrogens (tertiary/aromatic N) is 2. The number of rotatable bonds is 2. The lowest BCUT2D eigenvalue weighted by Gasteiger charge is -2.03. The van der Waals surface area contributed by atoms with Crippen LogP contribution in [0.3, 0.4) is 0 Å². The molecule has 0 heterocycles. The zero-order chi connectivity index (χ0) is 13.9. The van der Waals surface area contributed by atoms with E-state index in [1.54, 1.807) is 6.92 Å². The van der Waals surface area contributed by atoms with Crippen LogP contribution in [0.4, 0.5) is 5.69 Å². The minimum atomic E-state index is -4.30. The Morgan fingerprint density at radius 2 is 1.89 bits per heavy atom. The van der Waals surface area contributed by atoms with E-state index in [0.717, 1.165) is 0 Å². The molecule has 7 N–H and O–H groups in total. The molecule has 0 amide bonds. The highest BCUT2D eigenvalue weighted by atomic mass is 32.2. The van der Waals surface area contributed by atoms with Crippen LogP contribution in [-0.4, -0.2) is 24.9 Å². The minimum absolute atomic E-state index is 0.217. The van der Waals surface area contributed by atoms with Gasteiger partial charge in [0, 0.05) is 0 Å². The lowest BCUT2D eigenvalue weighted by atomic mass is 10.2. The maximum Gasteiger partial charge on any atom is 0.294 e. The van der Waals surface area contributed by atoms with Gasteiger partial charge in [-0.1, -0.05) is 6.07 Å². The van der Waals surface area contributed by atoms with Crippen LogP contribution in [0, 0.1) is 6.92 Å². The molecule has 0 bridgehead atoms. The summed E-state index contributed by atoms with van der Waals surface area (Å²) in [6.45, 7) is 1.69. The summed E-state index contributed by atoms with van der Waals surface area (Å²) in [5.41, 5.74) is 16.5. The summed E-state index contributed by atoms with van der Waals surface area (Å²) in [7, 11) is -4.30. The van der Waals surface area contributed by atoms with Crippen molar-refractivity contribution in [3.63, 3.8) is 0 Å². The summed E-state index contributed by atoms with van der Waals surface area (Å²) >= 11 is 0. The quantitative estimate of drug-likeness (QED) is 0.321. The van der Waals surface area contributed by atoms with E-state index >= 15 is 0 Å². The number of aliphatic imine (C=N–C) groups is 2. The average molecular weight is 271 g/mol. The first-order chi connectivity index (χ1) is 8.20. The van der Waals surface area contributed by atoms with E-state index in [1.165, 1.54) is 18.2 Å². The van der Waals surface area contributed by atoms with Gasteiger partial charge in [0.15, 0.2) is 5.96 Å². The predicted octanol–water partition coefficient (Wildman–Crippen LogP) is -0.539. The molecule has 0 aliphatic rings. The van der Waals surface area contributed by atoms with E-state index in [-0.39, 0.29) is 22.5 Å². The van der Waals surface area contributed by atoms with Crippen molar-refractivity contribution in [1.29, 1.82) is 0 Å². The molecule has 1 rings (SSSR count). The summed E-state index contributed by atoms with van der Waals surface area (Å²) in [5, 5.41) is 0. The van der Waals surface area contributed by atoms with Crippen LogP contribution in [0.15, 0.2) is 33.1 Å². The van der Waals surface area contributed by atoms with Gasteiger partial charge >= 0.3 is 0 Å². The van der Waals surface area contributed by atoms with Gasteiger partial charge in [-0.15, -0.1) is 0 Å². The SMILES string of the molecule is Cc1ccc(S(=O)(=O)O)cc1N=C(N)N=C(N)N. The van der Waals surface area contributed by atoms with Crippen LogP contribution >= 0.6 is 0 Å². The molecule has 0 radical (unpaired) electrons. The minimum Gasteiger partial charge on any atom is -0.370 e. The molecule has 0 aliphatic heterocycles. The zero-order valence-corrected chi connectivity index (χ0v) is 10.3. The van der Waals surface area contributed by atoms with Gasteiger partial charge in [0.05, 0.1) is 10.6 Å². The normalized spacial score (nSPS) is 12.2. The lowest BCUT2D eigenvalue weighted by Crippen LogP contribution is -2.26. The van der Waals surface area contributed by atoms with E-state index in [0.29, 0.717) is 5.56 Å². The Hall–Kier alpha value is -2.13. The summed E-state index contributed by atoms with van der Waals surface area (Å²) in [4.78, 5) is 7.05. The Balaban J connectivity index is 3.30. The molecular formula is C9H13N5O3S. The van der Waals surface area contributed by atoms with Crippen molar-refractivity contribution in [2.24, 2.45) is 27.2 Å². The van der Waals surface area contributed by atoms with Gasteiger partial charge in [0.25, 0.3) is 10.1 Å². The van der Waals surface area contributed by atoms with Gasteiger partial charge < -0.3 is 17.2 Å². The molecule has 0 saturated carbocycles. The number of aryl methyl sites for hydroxylation is 1. The number of benzene rings is 1. The Morgan fingerprint density at radius 3 is 2.39 bits per heavy atom. The second-order valence-electron chi connectivity index (χ2n) is 3.43. The van der Waals surface area contributed by atoms with Crippen molar-refractivity contribution in [1.82, 2.24) is 0 Å². The number of guanidine groups is 2. The van der Waals surface area contributed by atoms with Crippen LogP contribution in [-0.2, 0) is 10.1 Å². The van der Waals surface area contributed by atoms with Gasteiger partial charge in [-0.25, -0.2) is 4.99 Å². The van der Waals surface area contributed by atoms with Crippen molar-refractivity contribution in [2.45, 2.75) is 11.8 Å². The number of hydrogen-bond donors (Lipinski definition) is 4. The molecule has 1 aromatic rings. The molecule has 9 heteroatoms. The maximum atomic E-state index is 11.0. The molecule has 0 fully saturated rings. The molecule has 0 unspecified atom stereocenters. The average Bonchev–Trinajstić information content (AvgIpc) is 2.18. The van der Waals surface area contributed by atoms with Gasteiger partial charge in [-0.2, -0.15) is 13.4 Å². The molecule has 98 valence electrons. The van der Waals surface area contributed by atoms with E-state index in [1.807, 2.05) is 0 Å². The van der Waals surface area contributed by atoms with Crippen LogP contribution in [0.25, 0.3) is 0 Å². The third-order valence-electron chi connectivity index (χ3n) is 1.96. The highest BCUT2D eigenvalue weighted by Crippen LogP contribution is 2.22. The summed E-state index contributed by atoms with van der Waals surface area (Å²) in [6, 6.07) is 3.89. The molecule has 0 aliphatic carbocycles. The molecular weight excluding hydrogens is 258 g/mol. The van der Waals surface area contributed by atoms with E-state index < -0.39 is 10.1 Å². The summed E-state index contributed by atoms with van der Waals surface area (Å²) in [6.07, 6.45) is 0. The predicted molar refractivity (Wildman–Crippen MR) is 68.1 cm³/mol. The standard InChI is InChI=1S/C9H13N5O3S/c1-5-2-3-6(18(15,16)17)4-7(5)13-9(12)14-8(10)11/h2-4H,1H3,(H,15,16,17)(H6,10,11,12,13,14). The second-order valence-corrected chi connectivity index (χ2v) is 4.85. The Morgan fingerprint density at radius 1 is 1.28 bits per heavy atom. The second kappa shape index (κ2) is 5.02. The summed E-state index contributed by atoms with van der Waals surface area (Å²) < 4.78 is 30.8. The van der Waals surface area contributed by atoms with Crippen LogP contribution < -0.4 is 17.2 Å². The van der Waals surface area contributed by atoms with Crippen molar-refractivity contribution < 1.29 is 13.0 Å². The first-order valence-electron chi connectivity index (χ1n) is 4.72. The van der Waals surface area contributed by atoms with Crippen LogP contribution in [0.5, 0.6) is 0 Å². The largest absolute Gasteiger partial charge is 0.370 e. The van der Waals surface area contributed by atoms with Crippen molar-refractivity contribution in [2.75, 3.05) is 0 Å². The Bertz CT molecular complexity index is 617. The van der Waals surface area contributed by atoms with E-state index in [2.05, 4.69) is 9.98 Å². The molecule has 0 aromatic heterocycles. The molecule has 8 nitrogen and oxygen atoms in total. The fraction of sp³-hybridized carbons (Fsp3) is 0.111. The Kier molecular flexibility index (Phi) is 3.89.